The lowest BCUT2D eigenvalue weighted by molar-refractivity contribution is -0.121. The number of nitrogens with zero attached hydrogens (tertiary/aromatic N) is 2. The maximum atomic E-state index is 12.5. The van der Waals surface area contributed by atoms with Gasteiger partial charge in [-0.1, -0.05) is 12.1 Å². The van der Waals surface area contributed by atoms with Crippen LogP contribution < -0.4 is 5.32 Å². The molecule has 1 amide bonds. The lowest BCUT2D eigenvalue weighted by atomic mass is 10.00. The Bertz CT molecular complexity index is 765. The summed E-state index contributed by atoms with van der Waals surface area (Å²) in [6.07, 6.45) is -0.704. The Hall–Kier alpha value is -2.88. The summed E-state index contributed by atoms with van der Waals surface area (Å²) >= 11 is 0. The third-order valence-electron chi connectivity index (χ3n) is 3.25. The molecule has 2 unspecified atom stereocenters. The third-order valence-corrected chi connectivity index (χ3v) is 3.25. The molecule has 0 aliphatic carbocycles. The average Bonchev–Trinajstić information content (AvgIpc) is 2.89. The molecule has 126 valence electrons. The van der Waals surface area contributed by atoms with Crippen LogP contribution in [0.1, 0.15) is 39.4 Å². The zero-order valence-electron chi connectivity index (χ0n) is 14.1. The number of amides is 1. The van der Waals surface area contributed by atoms with Gasteiger partial charge < -0.3 is 15.0 Å². The molecule has 7 nitrogen and oxygen atoms in total. The largest absolute Gasteiger partial charge is 0.444 e. The van der Waals surface area contributed by atoms with Crippen molar-refractivity contribution in [2.24, 2.45) is 0 Å². The number of nitriles is 1. The van der Waals surface area contributed by atoms with Gasteiger partial charge in [-0.05, 0) is 39.8 Å². The van der Waals surface area contributed by atoms with Gasteiger partial charge in [-0.25, -0.2) is 9.78 Å². The molecule has 0 radical (unpaired) electrons. The number of ether oxygens (including phenoxy) is 1. The second kappa shape index (κ2) is 6.71. The summed E-state index contributed by atoms with van der Waals surface area (Å²) in [5.41, 5.74) is 0.752. The number of hydrogen-bond donors (Lipinski definition) is 2. The van der Waals surface area contributed by atoms with Crippen LogP contribution in [0.25, 0.3) is 11.0 Å². The molecule has 0 spiro atoms. The number of Topliss-reactive ketones (excluding diaryl/α,β-unsaturated/α-hetero) is 1. The maximum absolute atomic E-state index is 12.5. The minimum Gasteiger partial charge on any atom is -0.444 e. The number of fused-ring (bicyclic) bond motifs is 1. The Kier molecular flexibility index (Phi) is 4.88. The van der Waals surface area contributed by atoms with Gasteiger partial charge in [0.15, 0.2) is 11.7 Å². The monoisotopic (exact) mass is 328 g/mol. The molecular weight excluding hydrogens is 308 g/mol. The van der Waals surface area contributed by atoms with Gasteiger partial charge in [0.05, 0.1) is 23.1 Å². The van der Waals surface area contributed by atoms with Crippen molar-refractivity contribution in [1.82, 2.24) is 15.3 Å². The van der Waals surface area contributed by atoms with Gasteiger partial charge in [0.25, 0.3) is 0 Å². The number of carbonyl (C=O) groups is 2. The Morgan fingerprint density at radius 3 is 2.58 bits per heavy atom. The summed E-state index contributed by atoms with van der Waals surface area (Å²) in [6.45, 7) is 6.70. The summed E-state index contributed by atoms with van der Waals surface area (Å²) in [5.74, 6) is -1.29. The van der Waals surface area contributed by atoms with Crippen LogP contribution in [0.4, 0.5) is 4.79 Å². The van der Waals surface area contributed by atoms with E-state index in [9.17, 15) is 14.9 Å². The summed E-state index contributed by atoms with van der Waals surface area (Å²) < 4.78 is 5.12. The minimum absolute atomic E-state index is 0.265. The van der Waals surface area contributed by atoms with E-state index in [1.807, 2.05) is 24.3 Å². The average molecular weight is 328 g/mol. The molecule has 0 fully saturated rings. The fourth-order valence-corrected chi connectivity index (χ4v) is 2.17. The fraction of sp³-hybridized carbons (Fsp3) is 0.412. The summed E-state index contributed by atoms with van der Waals surface area (Å²) in [6, 6.07) is 8.33. The molecule has 24 heavy (non-hydrogen) atoms. The number of imidazole rings is 1. The van der Waals surface area contributed by atoms with Crippen molar-refractivity contribution in [1.29, 1.82) is 5.26 Å². The predicted octanol–water partition coefficient (Wildman–Crippen LogP) is 2.65. The fourth-order valence-electron chi connectivity index (χ4n) is 2.17. The molecule has 1 aromatic heterocycles. The number of hydrogen-bond acceptors (Lipinski definition) is 5. The van der Waals surface area contributed by atoms with Crippen LogP contribution in [0.2, 0.25) is 0 Å². The predicted molar refractivity (Wildman–Crippen MR) is 88.3 cm³/mol. The van der Waals surface area contributed by atoms with Gasteiger partial charge in [0.2, 0.25) is 0 Å². The molecule has 2 atom stereocenters. The quantitative estimate of drug-likeness (QED) is 0.897. The number of rotatable bonds is 4. The van der Waals surface area contributed by atoms with E-state index in [0.29, 0.717) is 5.52 Å². The normalized spacial score (nSPS) is 13.8. The highest BCUT2D eigenvalue weighted by atomic mass is 16.6. The van der Waals surface area contributed by atoms with E-state index in [1.165, 1.54) is 6.92 Å². The first kappa shape index (κ1) is 17.5. The van der Waals surface area contributed by atoms with Crippen molar-refractivity contribution in [3.63, 3.8) is 0 Å². The lowest BCUT2D eigenvalue weighted by Crippen LogP contribution is -2.43. The molecular formula is C17H20N4O3. The number of para-hydroxylation sites is 2. The second-order valence-electron chi connectivity index (χ2n) is 6.47. The third kappa shape index (κ3) is 4.10. The second-order valence-corrected chi connectivity index (χ2v) is 6.47. The smallest absolute Gasteiger partial charge is 0.408 e. The van der Waals surface area contributed by atoms with Crippen LogP contribution >= 0.6 is 0 Å². The number of aromatic amines is 1. The van der Waals surface area contributed by atoms with Crippen molar-refractivity contribution >= 4 is 22.9 Å². The van der Waals surface area contributed by atoms with Gasteiger partial charge in [-0.15, -0.1) is 0 Å². The maximum Gasteiger partial charge on any atom is 0.408 e. The van der Waals surface area contributed by atoms with Crippen molar-refractivity contribution in [2.45, 2.75) is 45.3 Å². The molecule has 1 aromatic carbocycles. The van der Waals surface area contributed by atoms with Gasteiger partial charge in [0, 0.05) is 0 Å². The first-order valence-electron chi connectivity index (χ1n) is 7.59. The summed E-state index contributed by atoms with van der Waals surface area (Å²) in [7, 11) is 0. The number of ketones is 1. The van der Waals surface area contributed by atoms with Crippen LogP contribution in [0, 0.1) is 11.3 Å². The van der Waals surface area contributed by atoms with Crippen molar-refractivity contribution in [2.75, 3.05) is 0 Å². The molecule has 0 bridgehead atoms. The highest BCUT2D eigenvalue weighted by molar-refractivity contribution is 5.94. The molecule has 0 saturated carbocycles. The van der Waals surface area contributed by atoms with Gasteiger partial charge in [-0.2, -0.15) is 5.26 Å². The van der Waals surface area contributed by atoms with Gasteiger partial charge in [0.1, 0.15) is 11.4 Å². The van der Waals surface area contributed by atoms with E-state index in [-0.39, 0.29) is 5.82 Å². The van der Waals surface area contributed by atoms with Crippen molar-refractivity contribution in [3.05, 3.63) is 30.1 Å². The number of H-pyrrole nitrogens is 1. The molecule has 2 aromatic rings. The number of nitrogens with one attached hydrogen (secondary N) is 2. The number of carbonyl (C=O) groups excluding carboxylic acids is 2. The summed E-state index contributed by atoms with van der Waals surface area (Å²) in [4.78, 5) is 31.5. The zero-order chi connectivity index (χ0) is 17.9. The van der Waals surface area contributed by atoms with Crippen LogP contribution in [0.3, 0.4) is 0 Å². The molecule has 1 heterocycles. The van der Waals surface area contributed by atoms with Gasteiger partial charge >= 0.3 is 6.09 Å². The highest BCUT2D eigenvalue weighted by Gasteiger charge is 2.30. The number of alkyl carbamates (subject to hydrolysis) is 1. The van der Waals surface area contributed by atoms with Gasteiger partial charge in [-0.3, -0.25) is 4.79 Å². The SMILES string of the molecule is CC(NC(=O)OC(C)(C)C)C(=O)C(C#N)c1nc2ccccc2[nH]1. The van der Waals surface area contributed by atoms with E-state index in [2.05, 4.69) is 15.3 Å². The Morgan fingerprint density at radius 1 is 1.33 bits per heavy atom. The Balaban J connectivity index is 2.13. The van der Waals surface area contributed by atoms with Crippen molar-refractivity contribution < 1.29 is 14.3 Å². The lowest BCUT2D eigenvalue weighted by Gasteiger charge is -2.22. The molecule has 2 rings (SSSR count). The summed E-state index contributed by atoms with van der Waals surface area (Å²) in [5, 5.41) is 11.8. The minimum atomic E-state index is -1.10. The van der Waals surface area contributed by atoms with E-state index in [1.54, 1.807) is 26.8 Å². The first-order valence-corrected chi connectivity index (χ1v) is 7.59. The zero-order valence-corrected chi connectivity index (χ0v) is 14.1. The highest BCUT2D eigenvalue weighted by Crippen LogP contribution is 2.19. The standard InChI is InChI=1S/C17H20N4O3/c1-10(19-16(23)24-17(2,3)4)14(22)11(9-18)15-20-12-7-5-6-8-13(12)21-15/h5-8,10-11H,1-4H3,(H,19,23)(H,20,21). The van der Waals surface area contributed by atoms with E-state index < -0.39 is 29.4 Å². The van der Waals surface area contributed by atoms with E-state index in [0.717, 1.165) is 5.52 Å². The molecule has 7 heteroatoms. The molecule has 0 aliphatic heterocycles. The molecule has 2 N–H and O–H groups in total. The van der Waals surface area contributed by atoms with Crippen LogP contribution in [-0.2, 0) is 9.53 Å². The van der Waals surface area contributed by atoms with Crippen LogP contribution in [0.5, 0.6) is 0 Å². The molecule has 0 aliphatic rings. The van der Waals surface area contributed by atoms with E-state index in [4.69, 9.17) is 4.74 Å². The topological polar surface area (TPSA) is 108 Å². The Labute approximate surface area is 140 Å². The van der Waals surface area contributed by atoms with Crippen LogP contribution in [-0.4, -0.2) is 33.5 Å². The van der Waals surface area contributed by atoms with Crippen molar-refractivity contribution in [3.8, 4) is 6.07 Å². The number of benzene rings is 1. The number of aromatic nitrogens is 2. The van der Waals surface area contributed by atoms with E-state index >= 15 is 0 Å². The first-order chi connectivity index (χ1) is 11.2. The Morgan fingerprint density at radius 2 is 2.00 bits per heavy atom. The van der Waals surface area contributed by atoms with Crippen LogP contribution in [0.15, 0.2) is 24.3 Å². The molecule has 0 saturated heterocycles.